The molecule has 0 aliphatic carbocycles. The quantitative estimate of drug-likeness (QED) is 0.800. The van der Waals surface area contributed by atoms with Crippen LogP contribution in [0.5, 0.6) is 11.5 Å². The Kier molecular flexibility index (Phi) is 3.25. The van der Waals surface area contributed by atoms with Crippen molar-refractivity contribution in [2.45, 2.75) is 19.9 Å². The van der Waals surface area contributed by atoms with Crippen molar-refractivity contribution in [3.05, 3.63) is 36.7 Å². The SMILES string of the molecule is COc1ccc2c(c1)nc(-c1ccncc1O)n2C(C)C. The van der Waals surface area contributed by atoms with Gasteiger partial charge in [0.1, 0.15) is 17.3 Å². The van der Waals surface area contributed by atoms with Crippen LogP contribution in [0.1, 0.15) is 19.9 Å². The zero-order chi connectivity index (χ0) is 15.0. The molecule has 108 valence electrons. The van der Waals surface area contributed by atoms with Crippen LogP contribution in [0.3, 0.4) is 0 Å². The molecule has 1 N–H and O–H groups in total. The van der Waals surface area contributed by atoms with E-state index in [0.29, 0.717) is 5.56 Å². The van der Waals surface area contributed by atoms with Crippen molar-refractivity contribution in [3.8, 4) is 22.9 Å². The number of rotatable bonds is 3. The van der Waals surface area contributed by atoms with Crippen LogP contribution in [-0.4, -0.2) is 26.8 Å². The predicted molar refractivity (Wildman–Crippen MR) is 81.6 cm³/mol. The van der Waals surface area contributed by atoms with Gasteiger partial charge in [-0.1, -0.05) is 0 Å². The molecule has 0 unspecified atom stereocenters. The van der Waals surface area contributed by atoms with Crippen LogP contribution < -0.4 is 4.74 Å². The largest absolute Gasteiger partial charge is 0.506 e. The minimum atomic E-state index is 0.127. The zero-order valence-electron chi connectivity index (χ0n) is 12.2. The third-order valence-corrected chi connectivity index (χ3v) is 3.45. The van der Waals surface area contributed by atoms with Crippen molar-refractivity contribution in [3.63, 3.8) is 0 Å². The van der Waals surface area contributed by atoms with Crippen LogP contribution in [0.2, 0.25) is 0 Å². The number of benzene rings is 1. The molecule has 0 aliphatic heterocycles. The number of fused-ring (bicyclic) bond motifs is 1. The van der Waals surface area contributed by atoms with Gasteiger partial charge in [-0.25, -0.2) is 4.98 Å². The summed E-state index contributed by atoms with van der Waals surface area (Å²) in [5.74, 6) is 1.62. The summed E-state index contributed by atoms with van der Waals surface area (Å²) in [7, 11) is 1.64. The van der Waals surface area contributed by atoms with Crippen molar-refractivity contribution in [1.29, 1.82) is 0 Å². The van der Waals surface area contributed by atoms with Gasteiger partial charge >= 0.3 is 0 Å². The lowest BCUT2D eigenvalue weighted by Gasteiger charge is -2.13. The Morgan fingerprint density at radius 3 is 2.71 bits per heavy atom. The number of ether oxygens (including phenoxy) is 1. The molecule has 0 aliphatic rings. The maximum absolute atomic E-state index is 10.1. The highest BCUT2D eigenvalue weighted by Crippen LogP contribution is 2.33. The summed E-state index contributed by atoms with van der Waals surface area (Å²) in [4.78, 5) is 8.59. The molecule has 0 saturated carbocycles. The Labute approximate surface area is 122 Å². The molecule has 0 bridgehead atoms. The maximum Gasteiger partial charge on any atom is 0.145 e. The number of imidazole rings is 1. The molecular weight excluding hydrogens is 266 g/mol. The Hall–Kier alpha value is -2.56. The number of aromatic nitrogens is 3. The van der Waals surface area contributed by atoms with Crippen LogP contribution in [0.4, 0.5) is 0 Å². The van der Waals surface area contributed by atoms with Gasteiger partial charge in [0.2, 0.25) is 0 Å². The van der Waals surface area contributed by atoms with E-state index in [1.807, 2.05) is 18.2 Å². The molecule has 21 heavy (non-hydrogen) atoms. The normalized spacial score (nSPS) is 11.2. The van der Waals surface area contributed by atoms with E-state index < -0.39 is 0 Å². The van der Waals surface area contributed by atoms with Gasteiger partial charge in [0.25, 0.3) is 0 Å². The Balaban J connectivity index is 2.31. The summed E-state index contributed by atoms with van der Waals surface area (Å²) < 4.78 is 7.35. The third-order valence-electron chi connectivity index (χ3n) is 3.45. The number of hydrogen-bond donors (Lipinski definition) is 1. The summed E-state index contributed by atoms with van der Waals surface area (Å²) in [6.45, 7) is 4.18. The second-order valence-corrected chi connectivity index (χ2v) is 5.15. The highest BCUT2D eigenvalue weighted by Gasteiger charge is 2.17. The maximum atomic E-state index is 10.1. The standard InChI is InChI=1S/C16H17N3O2/c1-10(2)19-14-5-4-11(21-3)8-13(14)18-16(19)12-6-7-17-9-15(12)20/h4-10,20H,1-3H3. The highest BCUT2D eigenvalue weighted by molar-refractivity contribution is 5.83. The minimum Gasteiger partial charge on any atom is -0.506 e. The summed E-state index contributed by atoms with van der Waals surface area (Å²) >= 11 is 0. The van der Waals surface area contributed by atoms with E-state index in [0.717, 1.165) is 22.6 Å². The monoisotopic (exact) mass is 283 g/mol. The predicted octanol–water partition coefficient (Wildman–Crippen LogP) is 3.39. The van der Waals surface area contributed by atoms with E-state index in [9.17, 15) is 5.11 Å². The molecule has 0 saturated heterocycles. The second kappa shape index (κ2) is 5.09. The van der Waals surface area contributed by atoms with Gasteiger partial charge in [-0.2, -0.15) is 0 Å². The van der Waals surface area contributed by atoms with Gasteiger partial charge in [0.05, 0.1) is 29.9 Å². The second-order valence-electron chi connectivity index (χ2n) is 5.15. The van der Waals surface area contributed by atoms with Crippen LogP contribution in [0.25, 0.3) is 22.4 Å². The number of nitrogens with zero attached hydrogens (tertiary/aromatic N) is 3. The van der Waals surface area contributed by atoms with E-state index in [1.54, 1.807) is 19.4 Å². The molecule has 0 spiro atoms. The Bertz CT molecular complexity index is 793. The fourth-order valence-corrected chi connectivity index (χ4v) is 2.49. The Morgan fingerprint density at radius 2 is 2.05 bits per heavy atom. The van der Waals surface area contributed by atoms with Gasteiger partial charge in [0, 0.05) is 18.3 Å². The van der Waals surface area contributed by atoms with Crippen LogP contribution >= 0.6 is 0 Å². The minimum absolute atomic E-state index is 0.127. The lowest BCUT2D eigenvalue weighted by molar-refractivity contribution is 0.415. The Morgan fingerprint density at radius 1 is 1.24 bits per heavy atom. The molecule has 1 aromatic carbocycles. The molecule has 2 heterocycles. The van der Waals surface area contributed by atoms with Gasteiger partial charge in [-0.05, 0) is 32.0 Å². The first-order valence-electron chi connectivity index (χ1n) is 6.81. The molecule has 0 amide bonds. The summed E-state index contributed by atoms with van der Waals surface area (Å²) in [5, 5.41) is 10.1. The first-order chi connectivity index (χ1) is 10.1. The van der Waals surface area contributed by atoms with Crippen LogP contribution in [-0.2, 0) is 0 Å². The average Bonchev–Trinajstić information content (AvgIpc) is 2.85. The molecule has 0 radical (unpaired) electrons. The van der Waals surface area contributed by atoms with E-state index in [4.69, 9.17) is 4.74 Å². The molecule has 3 aromatic rings. The summed E-state index contributed by atoms with van der Waals surface area (Å²) in [6.07, 6.45) is 3.08. The first kappa shape index (κ1) is 13.4. The number of methoxy groups -OCH3 is 1. The molecule has 3 rings (SSSR count). The zero-order valence-corrected chi connectivity index (χ0v) is 12.2. The van der Waals surface area contributed by atoms with Crippen molar-refractivity contribution in [2.75, 3.05) is 7.11 Å². The van der Waals surface area contributed by atoms with Crippen molar-refractivity contribution in [2.24, 2.45) is 0 Å². The smallest absolute Gasteiger partial charge is 0.145 e. The van der Waals surface area contributed by atoms with E-state index in [1.165, 1.54) is 6.20 Å². The van der Waals surface area contributed by atoms with Gasteiger partial charge < -0.3 is 14.4 Å². The topological polar surface area (TPSA) is 60.2 Å². The van der Waals surface area contributed by atoms with Crippen molar-refractivity contribution >= 4 is 11.0 Å². The molecule has 5 nitrogen and oxygen atoms in total. The summed E-state index contributed by atoms with van der Waals surface area (Å²) in [5.41, 5.74) is 2.53. The molecule has 0 fully saturated rings. The number of aromatic hydroxyl groups is 1. The highest BCUT2D eigenvalue weighted by atomic mass is 16.5. The molecular formula is C16H17N3O2. The van der Waals surface area contributed by atoms with Crippen molar-refractivity contribution in [1.82, 2.24) is 14.5 Å². The van der Waals surface area contributed by atoms with Crippen LogP contribution in [0.15, 0.2) is 36.7 Å². The van der Waals surface area contributed by atoms with Crippen LogP contribution in [0, 0.1) is 0 Å². The van der Waals surface area contributed by atoms with E-state index in [2.05, 4.69) is 28.4 Å². The molecule has 2 aromatic heterocycles. The first-order valence-corrected chi connectivity index (χ1v) is 6.81. The number of pyridine rings is 1. The third kappa shape index (κ3) is 2.20. The van der Waals surface area contributed by atoms with Crippen molar-refractivity contribution < 1.29 is 9.84 Å². The summed E-state index contributed by atoms with van der Waals surface area (Å²) in [6, 6.07) is 7.79. The molecule has 5 heteroatoms. The average molecular weight is 283 g/mol. The fourth-order valence-electron chi connectivity index (χ4n) is 2.49. The number of hydrogen-bond acceptors (Lipinski definition) is 4. The van der Waals surface area contributed by atoms with E-state index >= 15 is 0 Å². The lowest BCUT2D eigenvalue weighted by atomic mass is 10.2. The van der Waals surface area contributed by atoms with Gasteiger partial charge in [-0.15, -0.1) is 0 Å². The van der Waals surface area contributed by atoms with E-state index in [-0.39, 0.29) is 11.8 Å². The fraction of sp³-hybridized carbons (Fsp3) is 0.250. The molecule has 0 atom stereocenters. The van der Waals surface area contributed by atoms with Gasteiger partial charge in [-0.3, -0.25) is 4.98 Å². The lowest BCUT2D eigenvalue weighted by Crippen LogP contribution is -2.03. The van der Waals surface area contributed by atoms with Gasteiger partial charge in [0.15, 0.2) is 0 Å².